The summed E-state index contributed by atoms with van der Waals surface area (Å²) in [6.07, 6.45) is 4.15. The van der Waals surface area contributed by atoms with E-state index >= 15 is 0 Å². The molecule has 0 unspecified atom stereocenters. The molecule has 24 heavy (non-hydrogen) atoms. The number of hydrogen-bond acceptors (Lipinski definition) is 7. The van der Waals surface area contributed by atoms with Crippen LogP contribution in [0.3, 0.4) is 0 Å². The molecule has 1 aromatic carbocycles. The Morgan fingerprint density at radius 1 is 1.12 bits per heavy atom. The Labute approximate surface area is 136 Å². The van der Waals surface area contributed by atoms with E-state index in [0.717, 1.165) is 17.3 Å². The van der Waals surface area contributed by atoms with E-state index in [-0.39, 0.29) is 16.4 Å². The lowest BCUT2D eigenvalue weighted by Crippen LogP contribution is -2.08. The molecule has 0 amide bonds. The molecule has 120 valence electrons. The zero-order valence-electron chi connectivity index (χ0n) is 12.4. The number of fused-ring (bicyclic) bond motifs is 1. The minimum atomic E-state index is -3.59. The second-order valence-corrected chi connectivity index (χ2v) is 7.05. The summed E-state index contributed by atoms with van der Waals surface area (Å²) in [5.41, 5.74) is 2.44. The van der Waals surface area contributed by atoms with Gasteiger partial charge in [0.05, 0.1) is 22.3 Å². The Balaban J connectivity index is 2.10. The number of nitrogens with one attached hydrogen (secondary N) is 1. The van der Waals surface area contributed by atoms with Crippen LogP contribution in [-0.4, -0.2) is 49.8 Å². The molecule has 0 spiro atoms. The third kappa shape index (κ3) is 2.24. The first kappa shape index (κ1) is 14.5. The Morgan fingerprint density at radius 3 is 2.71 bits per heavy atom. The summed E-state index contributed by atoms with van der Waals surface area (Å²) in [5.74, 6) is 0.149. The monoisotopic (exact) mass is 341 g/mol. The molecule has 0 aliphatic heterocycles. The van der Waals surface area contributed by atoms with E-state index in [9.17, 15) is 8.42 Å². The van der Waals surface area contributed by atoms with Gasteiger partial charge in [0, 0.05) is 12.5 Å². The normalized spacial score (nSPS) is 11.9. The van der Waals surface area contributed by atoms with Crippen LogP contribution in [0.25, 0.3) is 28.1 Å². The van der Waals surface area contributed by atoms with Crippen molar-refractivity contribution in [3.8, 4) is 17.1 Å². The third-order valence-corrected chi connectivity index (χ3v) is 4.54. The van der Waals surface area contributed by atoms with Crippen LogP contribution in [0.15, 0.2) is 47.9 Å². The molecule has 1 N–H and O–H groups in total. The zero-order valence-corrected chi connectivity index (χ0v) is 13.3. The van der Waals surface area contributed by atoms with E-state index in [1.54, 1.807) is 17.0 Å². The van der Waals surface area contributed by atoms with Gasteiger partial charge in [-0.3, -0.25) is 4.57 Å². The molecule has 0 bridgehead atoms. The van der Waals surface area contributed by atoms with Gasteiger partial charge in [-0.15, -0.1) is 10.2 Å². The fourth-order valence-electron chi connectivity index (χ4n) is 2.54. The first-order valence-corrected chi connectivity index (χ1v) is 8.80. The predicted octanol–water partition coefficient (Wildman–Crippen LogP) is 1.00. The van der Waals surface area contributed by atoms with Crippen LogP contribution >= 0.6 is 0 Å². The van der Waals surface area contributed by atoms with Crippen LogP contribution < -0.4 is 0 Å². The highest BCUT2D eigenvalue weighted by Crippen LogP contribution is 2.30. The van der Waals surface area contributed by atoms with E-state index in [2.05, 4.69) is 30.6 Å². The molecule has 3 aromatic heterocycles. The van der Waals surface area contributed by atoms with Gasteiger partial charge in [-0.1, -0.05) is 12.1 Å². The topological polar surface area (TPSA) is 119 Å². The highest BCUT2D eigenvalue weighted by molar-refractivity contribution is 7.90. The molecule has 0 atom stereocenters. The van der Waals surface area contributed by atoms with Crippen molar-refractivity contribution in [1.29, 1.82) is 0 Å². The Kier molecular flexibility index (Phi) is 3.13. The van der Waals surface area contributed by atoms with Crippen LogP contribution in [0.1, 0.15) is 0 Å². The molecular formula is C14H11N7O2S. The smallest absolute Gasteiger partial charge is 0.209 e. The van der Waals surface area contributed by atoms with Gasteiger partial charge in [0.15, 0.2) is 14.9 Å². The number of nitrogens with zero attached hydrogens (tertiary/aromatic N) is 6. The van der Waals surface area contributed by atoms with Crippen LogP contribution in [0.4, 0.5) is 0 Å². The maximum absolute atomic E-state index is 12.2. The Bertz CT molecular complexity index is 1130. The van der Waals surface area contributed by atoms with Crippen LogP contribution in [0.5, 0.6) is 0 Å². The SMILES string of the molecule is CS(=O)(=O)c1nccc(-n2cnc3ccccc32)c1-c1nn[nH]n1. The summed E-state index contributed by atoms with van der Waals surface area (Å²) in [7, 11) is -3.59. The number of aromatic amines is 1. The van der Waals surface area contributed by atoms with Gasteiger partial charge in [-0.25, -0.2) is 18.4 Å². The quantitative estimate of drug-likeness (QED) is 0.590. The van der Waals surface area contributed by atoms with Gasteiger partial charge in [0.25, 0.3) is 0 Å². The van der Waals surface area contributed by atoms with Gasteiger partial charge in [-0.05, 0) is 23.4 Å². The largest absolute Gasteiger partial charge is 0.298 e. The lowest BCUT2D eigenvalue weighted by atomic mass is 10.2. The number of aromatic nitrogens is 7. The molecule has 4 aromatic rings. The minimum absolute atomic E-state index is 0.112. The number of H-pyrrole nitrogens is 1. The summed E-state index contributed by atoms with van der Waals surface area (Å²) < 4.78 is 26.1. The first-order valence-electron chi connectivity index (χ1n) is 6.91. The number of hydrogen-bond donors (Lipinski definition) is 1. The number of para-hydroxylation sites is 2. The van der Waals surface area contributed by atoms with Gasteiger partial charge in [0.1, 0.15) is 6.33 Å². The lowest BCUT2D eigenvalue weighted by molar-refractivity contribution is 0.598. The number of pyridine rings is 1. The number of sulfone groups is 1. The average Bonchev–Trinajstić information content (AvgIpc) is 3.23. The number of imidazole rings is 1. The number of tetrazole rings is 1. The molecule has 4 rings (SSSR count). The van der Waals surface area contributed by atoms with Crippen molar-refractivity contribution in [2.45, 2.75) is 5.03 Å². The average molecular weight is 341 g/mol. The van der Waals surface area contributed by atoms with Crippen molar-refractivity contribution in [2.24, 2.45) is 0 Å². The van der Waals surface area contributed by atoms with Gasteiger partial charge in [0.2, 0.25) is 5.82 Å². The van der Waals surface area contributed by atoms with E-state index in [1.807, 2.05) is 24.3 Å². The molecule has 9 nitrogen and oxygen atoms in total. The van der Waals surface area contributed by atoms with E-state index in [1.165, 1.54) is 6.20 Å². The second-order valence-electron chi connectivity index (χ2n) is 5.12. The zero-order chi connectivity index (χ0) is 16.7. The molecule has 3 heterocycles. The number of rotatable bonds is 3. The summed E-state index contributed by atoms with van der Waals surface area (Å²) in [4.78, 5) is 8.35. The van der Waals surface area contributed by atoms with Crippen molar-refractivity contribution >= 4 is 20.9 Å². The molecule has 0 fully saturated rings. The lowest BCUT2D eigenvalue weighted by Gasteiger charge is -2.11. The molecule has 10 heteroatoms. The highest BCUT2D eigenvalue weighted by Gasteiger charge is 2.24. The number of benzene rings is 1. The van der Waals surface area contributed by atoms with Gasteiger partial charge in [-0.2, -0.15) is 5.21 Å². The Morgan fingerprint density at radius 2 is 1.96 bits per heavy atom. The van der Waals surface area contributed by atoms with Crippen molar-refractivity contribution < 1.29 is 8.42 Å². The third-order valence-electron chi connectivity index (χ3n) is 3.53. The van der Waals surface area contributed by atoms with Crippen LogP contribution in [-0.2, 0) is 9.84 Å². The fourth-order valence-corrected chi connectivity index (χ4v) is 3.36. The van der Waals surface area contributed by atoms with E-state index < -0.39 is 9.84 Å². The van der Waals surface area contributed by atoms with Gasteiger partial charge >= 0.3 is 0 Å². The van der Waals surface area contributed by atoms with Crippen LogP contribution in [0, 0.1) is 0 Å². The fraction of sp³-hybridized carbons (Fsp3) is 0.0714. The molecule has 0 saturated carbocycles. The second kappa shape index (κ2) is 5.20. The summed E-state index contributed by atoms with van der Waals surface area (Å²) in [5, 5.41) is 13.6. The van der Waals surface area contributed by atoms with Crippen molar-refractivity contribution in [1.82, 2.24) is 35.2 Å². The van der Waals surface area contributed by atoms with Crippen LogP contribution in [0.2, 0.25) is 0 Å². The minimum Gasteiger partial charge on any atom is -0.298 e. The molecule has 0 saturated heterocycles. The molecule has 0 aliphatic carbocycles. The highest BCUT2D eigenvalue weighted by atomic mass is 32.2. The van der Waals surface area contributed by atoms with Crippen molar-refractivity contribution in [2.75, 3.05) is 6.26 Å². The molecule has 0 radical (unpaired) electrons. The van der Waals surface area contributed by atoms with Gasteiger partial charge < -0.3 is 0 Å². The van der Waals surface area contributed by atoms with Crippen molar-refractivity contribution in [3.63, 3.8) is 0 Å². The first-order chi connectivity index (χ1) is 11.6. The van der Waals surface area contributed by atoms with Crippen molar-refractivity contribution in [3.05, 3.63) is 42.9 Å². The maximum Gasteiger partial charge on any atom is 0.209 e. The molecule has 0 aliphatic rings. The summed E-state index contributed by atoms with van der Waals surface area (Å²) >= 11 is 0. The summed E-state index contributed by atoms with van der Waals surface area (Å²) in [6.45, 7) is 0. The van der Waals surface area contributed by atoms with E-state index in [4.69, 9.17) is 0 Å². The summed E-state index contributed by atoms with van der Waals surface area (Å²) in [6, 6.07) is 9.22. The van der Waals surface area contributed by atoms with E-state index in [0.29, 0.717) is 5.69 Å². The standard InChI is InChI=1S/C14H11N7O2S/c1-24(22,23)14-12(13-17-19-20-18-13)11(6-7-15-14)21-8-16-9-4-2-3-5-10(9)21/h2-8H,1H3,(H,17,18,19,20). The predicted molar refractivity (Wildman–Crippen MR) is 85.1 cm³/mol. The molecular weight excluding hydrogens is 330 g/mol. The maximum atomic E-state index is 12.2. The Hall–Kier alpha value is -3.14.